The summed E-state index contributed by atoms with van der Waals surface area (Å²) in [6, 6.07) is 6.39. The van der Waals surface area contributed by atoms with E-state index in [-0.39, 0.29) is 5.56 Å². The van der Waals surface area contributed by atoms with Gasteiger partial charge in [-0.1, -0.05) is 18.5 Å². The van der Waals surface area contributed by atoms with Crippen LogP contribution in [0.15, 0.2) is 38.8 Å². The third-order valence-electron chi connectivity index (χ3n) is 5.39. The van der Waals surface area contributed by atoms with Crippen LogP contribution in [0.3, 0.4) is 0 Å². The van der Waals surface area contributed by atoms with Crippen LogP contribution in [-0.2, 0) is 0 Å². The van der Waals surface area contributed by atoms with Gasteiger partial charge >= 0.3 is 5.69 Å². The predicted molar refractivity (Wildman–Crippen MR) is 131 cm³/mol. The number of thiocarbonyl (C=S) groups is 1. The summed E-state index contributed by atoms with van der Waals surface area (Å²) in [7, 11) is 1.82. The molecular weight excluding hydrogens is 452 g/mol. The third kappa shape index (κ3) is 5.37. The largest absolute Gasteiger partial charge is 0.493 e. The molecule has 1 saturated heterocycles. The summed E-state index contributed by atoms with van der Waals surface area (Å²) in [6.07, 6.45) is 0.430. The Morgan fingerprint density at radius 1 is 1.22 bits per heavy atom. The molecule has 0 saturated carbocycles. The van der Waals surface area contributed by atoms with Crippen molar-refractivity contribution >= 4 is 34.6 Å². The van der Waals surface area contributed by atoms with Crippen molar-refractivity contribution in [3.8, 4) is 11.6 Å². The minimum Gasteiger partial charge on any atom is -0.493 e. The average molecular weight is 479 g/mol. The molecule has 1 fully saturated rings. The Hall–Kier alpha value is -2.69. The molecule has 0 bridgehead atoms. The molecule has 0 amide bonds. The van der Waals surface area contributed by atoms with Gasteiger partial charge in [0.05, 0.1) is 17.9 Å². The lowest BCUT2D eigenvalue weighted by Gasteiger charge is -2.35. The summed E-state index contributed by atoms with van der Waals surface area (Å²) in [6.45, 7) is 6.47. The number of H-pyrrole nitrogens is 1. The molecule has 1 aliphatic heterocycles. The zero-order chi connectivity index (χ0) is 23.3. The highest BCUT2D eigenvalue weighted by Crippen LogP contribution is 2.20. The Bertz CT molecular complexity index is 1100. The zero-order valence-electron chi connectivity index (χ0n) is 18.1. The van der Waals surface area contributed by atoms with Crippen molar-refractivity contribution in [1.82, 2.24) is 24.7 Å². The minimum atomic E-state index is -0.730. The molecule has 0 spiro atoms. The molecule has 1 aliphatic rings. The molecule has 2 heterocycles. The van der Waals surface area contributed by atoms with Crippen molar-refractivity contribution in [3.05, 3.63) is 55.7 Å². The Morgan fingerprint density at radius 2 is 1.88 bits per heavy atom. The van der Waals surface area contributed by atoms with Gasteiger partial charge in [0, 0.05) is 44.8 Å². The van der Waals surface area contributed by atoms with Gasteiger partial charge in [-0.05, 0) is 42.9 Å². The van der Waals surface area contributed by atoms with Crippen molar-refractivity contribution in [1.29, 1.82) is 0 Å². The number of hydrogen-bond donors (Lipinski definition) is 3. The molecule has 2 aromatic rings. The summed E-state index contributed by atoms with van der Waals surface area (Å²) in [5.41, 5.74) is -0.547. The van der Waals surface area contributed by atoms with Crippen molar-refractivity contribution < 1.29 is 5.11 Å². The SMILES string of the molecule is CCC(=NCCN1CCN(C(=S)NC)CC1)c1c(O)n(-c2ccc(Cl)cc2)c(=O)[nH]c1=O. The van der Waals surface area contributed by atoms with Gasteiger partial charge in [0.25, 0.3) is 5.56 Å². The smallest absolute Gasteiger partial charge is 0.335 e. The number of piperazine rings is 1. The lowest BCUT2D eigenvalue weighted by Crippen LogP contribution is -2.51. The molecule has 11 heteroatoms. The highest BCUT2D eigenvalue weighted by Gasteiger charge is 2.20. The summed E-state index contributed by atoms with van der Waals surface area (Å²) < 4.78 is 1.04. The number of aromatic amines is 1. The molecule has 0 radical (unpaired) electrons. The van der Waals surface area contributed by atoms with Gasteiger partial charge in [-0.15, -0.1) is 0 Å². The molecule has 32 heavy (non-hydrogen) atoms. The van der Waals surface area contributed by atoms with Gasteiger partial charge < -0.3 is 15.3 Å². The molecule has 9 nitrogen and oxygen atoms in total. The van der Waals surface area contributed by atoms with Crippen LogP contribution in [0.2, 0.25) is 5.02 Å². The number of aliphatic imine (C=N–C) groups is 1. The molecule has 0 aliphatic carbocycles. The summed E-state index contributed by atoms with van der Waals surface area (Å²) in [5.74, 6) is -0.434. The van der Waals surface area contributed by atoms with E-state index >= 15 is 0 Å². The fraction of sp³-hybridized carbons (Fsp3) is 0.429. The van der Waals surface area contributed by atoms with E-state index in [2.05, 4.69) is 25.1 Å². The van der Waals surface area contributed by atoms with E-state index in [1.807, 2.05) is 14.0 Å². The fourth-order valence-corrected chi connectivity index (χ4v) is 3.95. The van der Waals surface area contributed by atoms with Crippen molar-refractivity contribution in [3.63, 3.8) is 0 Å². The first-order valence-electron chi connectivity index (χ1n) is 10.4. The second-order valence-electron chi connectivity index (χ2n) is 7.34. The Balaban J connectivity index is 1.78. The molecule has 3 N–H and O–H groups in total. The number of halogens is 1. The average Bonchev–Trinajstić information content (AvgIpc) is 2.78. The monoisotopic (exact) mass is 478 g/mol. The number of hydrogen-bond acceptors (Lipinski definition) is 6. The quantitative estimate of drug-likeness (QED) is 0.423. The van der Waals surface area contributed by atoms with E-state index in [9.17, 15) is 14.7 Å². The number of aromatic nitrogens is 2. The number of nitrogens with zero attached hydrogens (tertiary/aromatic N) is 4. The van der Waals surface area contributed by atoms with Gasteiger partial charge in [0.15, 0.2) is 5.11 Å². The van der Waals surface area contributed by atoms with Crippen LogP contribution in [0.4, 0.5) is 0 Å². The Kier molecular flexibility index (Phi) is 8.05. The lowest BCUT2D eigenvalue weighted by molar-refractivity contribution is 0.186. The molecule has 0 atom stereocenters. The maximum Gasteiger partial charge on any atom is 0.335 e. The maximum absolute atomic E-state index is 12.5. The van der Waals surface area contributed by atoms with Crippen LogP contribution < -0.4 is 16.6 Å². The first kappa shape index (κ1) is 24.0. The highest BCUT2D eigenvalue weighted by atomic mass is 35.5. The highest BCUT2D eigenvalue weighted by molar-refractivity contribution is 7.80. The zero-order valence-corrected chi connectivity index (χ0v) is 19.7. The van der Waals surface area contributed by atoms with E-state index in [0.717, 1.165) is 42.4 Å². The maximum atomic E-state index is 12.5. The van der Waals surface area contributed by atoms with Crippen LogP contribution in [0.1, 0.15) is 18.9 Å². The summed E-state index contributed by atoms with van der Waals surface area (Å²) in [4.78, 5) is 36.2. The number of aromatic hydroxyl groups is 1. The van der Waals surface area contributed by atoms with Gasteiger partial charge in [-0.25, -0.2) is 9.36 Å². The topological polar surface area (TPSA) is 106 Å². The number of rotatable bonds is 6. The molecule has 0 unspecified atom stereocenters. The van der Waals surface area contributed by atoms with Crippen LogP contribution >= 0.6 is 23.8 Å². The van der Waals surface area contributed by atoms with Gasteiger partial charge in [-0.3, -0.25) is 19.7 Å². The van der Waals surface area contributed by atoms with Crippen LogP contribution in [0.25, 0.3) is 5.69 Å². The fourth-order valence-electron chi connectivity index (χ4n) is 3.64. The third-order valence-corrected chi connectivity index (χ3v) is 6.10. The molecule has 1 aromatic heterocycles. The van der Waals surface area contributed by atoms with Crippen LogP contribution in [0.5, 0.6) is 5.88 Å². The number of benzene rings is 1. The first-order valence-corrected chi connectivity index (χ1v) is 11.2. The van der Waals surface area contributed by atoms with E-state index in [0.29, 0.717) is 29.4 Å². The number of nitrogens with one attached hydrogen (secondary N) is 2. The van der Waals surface area contributed by atoms with Crippen LogP contribution in [-0.4, -0.2) is 81.6 Å². The standard InChI is InChI=1S/C21H27ClN6O3S/c1-3-16(24-8-9-26-10-12-27(13-11-26)21(32)23-2)17-18(29)25-20(31)28(19(17)30)15-6-4-14(22)5-7-15/h4-7,30H,3,8-13H2,1-2H3,(H,23,32)(H,25,29,31). The lowest BCUT2D eigenvalue weighted by atomic mass is 10.1. The van der Waals surface area contributed by atoms with Gasteiger partial charge in [-0.2, -0.15) is 0 Å². The van der Waals surface area contributed by atoms with E-state index in [1.54, 1.807) is 24.3 Å². The normalized spacial score (nSPS) is 15.1. The summed E-state index contributed by atoms with van der Waals surface area (Å²) >= 11 is 11.2. The second kappa shape index (κ2) is 10.8. The molecular formula is C21H27ClN6O3S. The van der Waals surface area contributed by atoms with Crippen LogP contribution in [0, 0.1) is 0 Å². The molecule has 172 valence electrons. The van der Waals surface area contributed by atoms with Crippen molar-refractivity contribution in [2.45, 2.75) is 13.3 Å². The summed E-state index contributed by atoms with van der Waals surface area (Å²) in [5, 5.41) is 15.1. The van der Waals surface area contributed by atoms with E-state index < -0.39 is 17.1 Å². The first-order chi connectivity index (χ1) is 15.3. The van der Waals surface area contributed by atoms with Crippen molar-refractivity contribution in [2.24, 2.45) is 4.99 Å². The Labute approximate surface area is 196 Å². The second-order valence-corrected chi connectivity index (χ2v) is 8.16. The minimum absolute atomic E-state index is 0.00578. The van der Waals surface area contributed by atoms with Crippen molar-refractivity contribution in [2.75, 3.05) is 46.3 Å². The predicted octanol–water partition coefficient (Wildman–Crippen LogP) is 1.21. The molecule has 3 rings (SSSR count). The van der Waals surface area contributed by atoms with E-state index in [4.69, 9.17) is 23.8 Å². The van der Waals surface area contributed by atoms with Gasteiger partial charge in [0.1, 0.15) is 5.56 Å². The van der Waals surface area contributed by atoms with E-state index in [1.165, 1.54) is 0 Å². The Morgan fingerprint density at radius 3 is 2.47 bits per heavy atom. The molecule has 1 aromatic carbocycles. The van der Waals surface area contributed by atoms with Gasteiger partial charge in [0.2, 0.25) is 5.88 Å².